The van der Waals surface area contributed by atoms with Crippen LogP contribution in [0.4, 0.5) is 0 Å². The highest BCUT2D eigenvalue weighted by Gasteiger charge is 2.36. The lowest BCUT2D eigenvalue weighted by molar-refractivity contribution is 0.367. The second-order valence-corrected chi connectivity index (χ2v) is 6.88. The van der Waals surface area contributed by atoms with Crippen LogP contribution in [0.25, 0.3) is 0 Å². The number of methoxy groups -OCH3 is 1. The minimum atomic E-state index is 0.369. The van der Waals surface area contributed by atoms with Crippen molar-refractivity contribution in [1.29, 1.82) is 0 Å². The lowest BCUT2D eigenvalue weighted by Gasteiger charge is -2.08. The van der Waals surface area contributed by atoms with Crippen LogP contribution in [0.1, 0.15) is 61.8 Å². The third-order valence-electron chi connectivity index (χ3n) is 4.62. The van der Waals surface area contributed by atoms with Gasteiger partial charge in [0, 0.05) is 19.5 Å². The Morgan fingerprint density at radius 1 is 1.39 bits per heavy atom. The molecule has 0 unspecified atom stereocenters. The number of nitrogens with zero attached hydrogens (tertiary/aromatic N) is 2. The zero-order valence-corrected chi connectivity index (χ0v) is 14.7. The van der Waals surface area contributed by atoms with Crippen LogP contribution >= 0.6 is 0 Å². The minimum absolute atomic E-state index is 0.369. The zero-order valence-electron chi connectivity index (χ0n) is 14.7. The Morgan fingerprint density at radius 3 is 2.74 bits per heavy atom. The molecular weight excluding hydrogens is 290 g/mol. The molecule has 0 amide bonds. The van der Waals surface area contributed by atoms with E-state index >= 15 is 0 Å². The fourth-order valence-electron chi connectivity index (χ4n) is 3.18. The molecule has 2 atom stereocenters. The normalized spacial score (nSPS) is 20.3. The van der Waals surface area contributed by atoms with Crippen molar-refractivity contribution in [2.75, 3.05) is 7.11 Å². The average Bonchev–Trinajstić information content (AvgIpc) is 2.94. The first-order valence-corrected chi connectivity index (χ1v) is 8.40. The topological polar surface area (TPSA) is 52.2 Å². The minimum Gasteiger partial charge on any atom is -0.481 e. The second-order valence-electron chi connectivity index (χ2n) is 6.88. The van der Waals surface area contributed by atoms with E-state index in [4.69, 9.17) is 9.15 Å². The van der Waals surface area contributed by atoms with Crippen LogP contribution in [0.2, 0.25) is 0 Å². The standard InChI is InChI=1S/C18H27N3O2/c1-11(2)17-15(18(22-5)21(4)20-17)10-19-9-13-6-7-16(23-13)14-8-12(14)3/h6-7,11-12,14,19H,8-10H2,1-5H3/t12-,14+/m1/s1. The largest absolute Gasteiger partial charge is 0.481 e. The number of hydrogen-bond acceptors (Lipinski definition) is 4. The Hall–Kier alpha value is -1.75. The van der Waals surface area contributed by atoms with Gasteiger partial charge in [0.25, 0.3) is 0 Å². The van der Waals surface area contributed by atoms with Gasteiger partial charge in [0.05, 0.1) is 24.9 Å². The van der Waals surface area contributed by atoms with Crippen LogP contribution in [-0.2, 0) is 20.1 Å². The van der Waals surface area contributed by atoms with Gasteiger partial charge in [0.15, 0.2) is 0 Å². The molecule has 0 radical (unpaired) electrons. The lowest BCUT2D eigenvalue weighted by Crippen LogP contribution is -2.14. The van der Waals surface area contributed by atoms with Crippen molar-refractivity contribution in [3.63, 3.8) is 0 Å². The quantitative estimate of drug-likeness (QED) is 0.848. The van der Waals surface area contributed by atoms with E-state index in [1.54, 1.807) is 7.11 Å². The zero-order chi connectivity index (χ0) is 16.6. The first-order chi connectivity index (χ1) is 11.0. The Balaban J connectivity index is 1.63. The number of aryl methyl sites for hydroxylation is 1. The molecule has 1 aliphatic carbocycles. The van der Waals surface area contributed by atoms with E-state index in [1.807, 2.05) is 11.7 Å². The summed E-state index contributed by atoms with van der Waals surface area (Å²) in [4.78, 5) is 0. The SMILES string of the molecule is COc1c(CNCc2ccc([C@H]3C[C@H]3C)o2)c(C(C)C)nn1C. The lowest BCUT2D eigenvalue weighted by atomic mass is 10.1. The molecule has 2 aromatic heterocycles. The maximum atomic E-state index is 5.94. The molecule has 1 saturated carbocycles. The van der Waals surface area contributed by atoms with Gasteiger partial charge in [0.1, 0.15) is 11.5 Å². The van der Waals surface area contributed by atoms with Gasteiger partial charge >= 0.3 is 0 Å². The number of nitrogens with one attached hydrogen (secondary N) is 1. The van der Waals surface area contributed by atoms with Crippen LogP contribution in [0.5, 0.6) is 5.88 Å². The summed E-state index contributed by atoms with van der Waals surface area (Å²) in [6, 6.07) is 4.20. The summed E-state index contributed by atoms with van der Waals surface area (Å²) in [7, 11) is 3.62. The van der Waals surface area contributed by atoms with Gasteiger partial charge in [-0.05, 0) is 30.4 Å². The predicted molar refractivity (Wildman–Crippen MR) is 89.6 cm³/mol. The van der Waals surface area contributed by atoms with Gasteiger partial charge in [-0.2, -0.15) is 5.10 Å². The van der Waals surface area contributed by atoms with E-state index in [0.717, 1.165) is 47.7 Å². The third kappa shape index (κ3) is 3.29. The van der Waals surface area contributed by atoms with Crippen molar-refractivity contribution in [3.8, 4) is 5.88 Å². The molecule has 0 aromatic carbocycles. The summed E-state index contributed by atoms with van der Waals surface area (Å²) in [5, 5.41) is 8.04. The summed E-state index contributed by atoms with van der Waals surface area (Å²) < 4.78 is 13.3. The molecule has 1 aliphatic rings. The number of ether oxygens (including phenoxy) is 1. The van der Waals surface area contributed by atoms with Crippen molar-refractivity contribution in [1.82, 2.24) is 15.1 Å². The maximum Gasteiger partial charge on any atom is 0.216 e. The molecule has 5 heteroatoms. The highest BCUT2D eigenvalue weighted by atomic mass is 16.5. The van der Waals surface area contributed by atoms with E-state index < -0.39 is 0 Å². The Morgan fingerprint density at radius 2 is 2.13 bits per heavy atom. The number of hydrogen-bond donors (Lipinski definition) is 1. The van der Waals surface area contributed by atoms with Gasteiger partial charge in [-0.1, -0.05) is 20.8 Å². The number of furan rings is 1. The van der Waals surface area contributed by atoms with Crippen molar-refractivity contribution < 1.29 is 9.15 Å². The van der Waals surface area contributed by atoms with E-state index in [2.05, 4.69) is 43.3 Å². The molecule has 0 saturated heterocycles. The van der Waals surface area contributed by atoms with E-state index in [-0.39, 0.29) is 0 Å². The first kappa shape index (κ1) is 16.1. The molecule has 0 aliphatic heterocycles. The molecule has 1 N–H and O–H groups in total. The van der Waals surface area contributed by atoms with E-state index in [0.29, 0.717) is 11.8 Å². The summed E-state index contributed by atoms with van der Waals surface area (Å²) in [5.41, 5.74) is 2.22. The maximum absolute atomic E-state index is 5.94. The smallest absolute Gasteiger partial charge is 0.216 e. The monoisotopic (exact) mass is 317 g/mol. The van der Waals surface area contributed by atoms with Crippen LogP contribution in [0.3, 0.4) is 0 Å². The Bertz CT molecular complexity index is 672. The molecule has 1 fully saturated rings. The molecule has 3 rings (SSSR count). The molecule has 23 heavy (non-hydrogen) atoms. The summed E-state index contributed by atoms with van der Waals surface area (Å²) in [6.45, 7) is 8.02. The fourth-order valence-corrected chi connectivity index (χ4v) is 3.18. The summed E-state index contributed by atoms with van der Waals surface area (Å²) in [6.07, 6.45) is 1.25. The van der Waals surface area contributed by atoms with Gasteiger partial charge < -0.3 is 14.5 Å². The van der Waals surface area contributed by atoms with Crippen LogP contribution in [-0.4, -0.2) is 16.9 Å². The van der Waals surface area contributed by atoms with Gasteiger partial charge in [-0.25, -0.2) is 4.68 Å². The Kier molecular flexibility index (Phi) is 4.48. The molecule has 126 valence electrons. The molecule has 0 spiro atoms. The molecule has 0 bridgehead atoms. The number of rotatable bonds is 7. The number of aromatic nitrogens is 2. The third-order valence-corrected chi connectivity index (χ3v) is 4.62. The predicted octanol–water partition coefficient (Wildman–Crippen LogP) is 3.56. The van der Waals surface area contributed by atoms with Crippen LogP contribution in [0, 0.1) is 5.92 Å². The molecular formula is C18H27N3O2. The van der Waals surface area contributed by atoms with Crippen molar-refractivity contribution in [3.05, 3.63) is 34.9 Å². The Labute approximate surface area is 138 Å². The van der Waals surface area contributed by atoms with Gasteiger partial charge in [0.2, 0.25) is 5.88 Å². The highest BCUT2D eigenvalue weighted by Crippen LogP contribution is 2.47. The summed E-state index contributed by atoms with van der Waals surface area (Å²) in [5.74, 6) is 4.73. The van der Waals surface area contributed by atoms with Crippen molar-refractivity contribution in [2.45, 2.75) is 52.1 Å². The molecule has 2 heterocycles. The average molecular weight is 317 g/mol. The first-order valence-electron chi connectivity index (χ1n) is 8.40. The van der Waals surface area contributed by atoms with Crippen LogP contribution in [0.15, 0.2) is 16.5 Å². The van der Waals surface area contributed by atoms with Crippen molar-refractivity contribution >= 4 is 0 Å². The molecule has 5 nitrogen and oxygen atoms in total. The van der Waals surface area contributed by atoms with Gasteiger partial charge in [-0.15, -0.1) is 0 Å². The molecule has 2 aromatic rings. The van der Waals surface area contributed by atoms with Crippen LogP contribution < -0.4 is 10.1 Å². The highest BCUT2D eigenvalue weighted by molar-refractivity contribution is 5.33. The summed E-state index contributed by atoms with van der Waals surface area (Å²) >= 11 is 0. The van der Waals surface area contributed by atoms with Crippen molar-refractivity contribution in [2.24, 2.45) is 13.0 Å². The van der Waals surface area contributed by atoms with Gasteiger partial charge in [-0.3, -0.25) is 0 Å². The van der Waals surface area contributed by atoms with E-state index in [9.17, 15) is 0 Å². The second kappa shape index (κ2) is 6.40. The fraction of sp³-hybridized carbons (Fsp3) is 0.611. The van der Waals surface area contributed by atoms with E-state index in [1.165, 1.54) is 6.42 Å².